The quantitative estimate of drug-likeness (QED) is 0.347. The number of unbranched alkanes of at least 4 members (excludes halogenated alkanes) is 2. The molecule has 0 aromatic heterocycles. The van der Waals surface area contributed by atoms with Gasteiger partial charge in [-0.15, -0.1) is 6.58 Å². The van der Waals surface area contributed by atoms with E-state index in [1.807, 2.05) is 12.2 Å². The van der Waals surface area contributed by atoms with Crippen molar-refractivity contribution in [1.82, 2.24) is 0 Å². The summed E-state index contributed by atoms with van der Waals surface area (Å²) in [5.74, 6) is 0. The summed E-state index contributed by atoms with van der Waals surface area (Å²) in [6.45, 7) is 21.5. The van der Waals surface area contributed by atoms with E-state index in [0.29, 0.717) is 0 Å². The molecule has 0 saturated heterocycles. The van der Waals surface area contributed by atoms with E-state index in [-0.39, 0.29) is 20.1 Å². The van der Waals surface area contributed by atoms with Crippen molar-refractivity contribution >= 4 is 0 Å². The van der Waals surface area contributed by atoms with Gasteiger partial charge in [0.25, 0.3) is 0 Å². The van der Waals surface area contributed by atoms with Crippen molar-refractivity contribution in [3.05, 3.63) is 67.0 Å². The molecular weight excluding hydrogens is 432 g/mol. The molecule has 1 aromatic carbocycles. The fraction of sp³-hybridized carbons (Fsp3) is 0.450. The van der Waals surface area contributed by atoms with Gasteiger partial charge < -0.3 is 6.92 Å². The Hall–Kier alpha value is -0.521. The van der Waals surface area contributed by atoms with Gasteiger partial charge in [0.2, 0.25) is 0 Å². The van der Waals surface area contributed by atoms with Crippen LogP contribution in [0.4, 0.5) is 0 Å². The van der Waals surface area contributed by atoms with E-state index in [2.05, 4.69) is 67.2 Å². The number of aryl methyl sites for hydroxylation is 2. The molecule has 0 bridgehead atoms. The van der Waals surface area contributed by atoms with Crippen LogP contribution in [0.5, 0.6) is 0 Å². The van der Waals surface area contributed by atoms with Crippen molar-refractivity contribution in [3.63, 3.8) is 0 Å². The molecule has 0 aliphatic rings. The van der Waals surface area contributed by atoms with E-state index >= 15 is 0 Å². The van der Waals surface area contributed by atoms with Gasteiger partial charge in [0.15, 0.2) is 0 Å². The van der Waals surface area contributed by atoms with Gasteiger partial charge in [-0.1, -0.05) is 65.7 Å². The molecule has 124 valence electrons. The monoisotopic (exact) mass is 466 g/mol. The SMILES string of the molecule is C=CCC[CH2-].Cc1c[c-](C)c(C)c1C.[CH2]/C=C/CCC.[Ir]. The Morgan fingerprint density at radius 3 is 1.90 bits per heavy atom. The van der Waals surface area contributed by atoms with Gasteiger partial charge in [0.1, 0.15) is 0 Å². The molecule has 0 N–H and O–H groups in total. The van der Waals surface area contributed by atoms with Gasteiger partial charge in [0.05, 0.1) is 0 Å². The van der Waals surface area contributed by atoms with Crippen LogP contribution in [0.1, 0.15) is 54.9 Å². The van der Waals surface area contributed by atoms with Crippen LogP contribution in [-0.4, -0.2) is 0 Å². The Labute approximate surface area is 147 Å². The summed E-state index contributed by atoms with van der Waals surface area (Å²) in [5, 5.41) is 0. The van der Waals surface area contributed by atoms with E-state index in [1.165, 1.54) is 35.1 Å². The molecule has 0 fully saturated rings. The molecule has 0 unspecified atom stereocenters. The van der Waals surface area contributed by atoms with Crippen molar-refractivity contribution in [3.8, 4) is 0 Å². The van der Waals surface area contributed by atoms with E-state index in [4.69, 9.17) is 0 Å². The zero-order chi connectivity index (χ0) is 16.0. The largest absolute Gasteiger partial charge is 0.343 e. The zero-order valence-corrected chi connectivity index (χ0v) is 17.0. The van der Waals surface area contributed by atoms with E-state index in [0.717, 1.165) is 12.8 Å². The molecule has 0 amide bonds. The van der Waals surface area contributed by atoms with Crippen LogP contribution in [0.25, 0.3) is 0 Å². The third-order valence-corrected chi connectivity index (χ3v) is 3.21. The van der Waals surface area contributed by atoms with Crippen molar-refractivity contribution in [2.45, 2.75) is 60.3 Å². The average molecular weight is 466 g/mol. The molecule has 21 heavy (non-hydrogen) atoms. The summed E-state index contributed by atoms with van der Waals surface area (Å²) >= 11 is 0. The second kappa shape index (κ2) is 17.5. The molecule has 1 rings (SSSR count). The van der Waals surface area contributed by atoms with Crippen molar-refractivity contribution in [2.75, 3.05) is 0 Å². The molecule has 0 atom stereocenters. The van der Waals surface area contributed by atoms with Gasteiger partial charge in [-0.25, -0.2) is 0 Å². The van der Waals surface area contributed by atoms with Gasteiger partial charge in [-0.05, 0) is 13.3 Å². The first-order valence-corrected chi connectivity index (χ1v) is 7.50. The van der Waals surface area contributed by atoms with Crippen LogP contribution < -0.4 is 0 Å². The maximum absolute atomic E-state index is 3.60. The second-order valence-electron chi connectivity index (χ2n) is 4.95. The molecule has 0 spiro atoms. The third-order valence-electron chi connectivity index (χ3n) is 3.21. The zero-order valence-electron chi connectivity index (χ0n) is 14.6. The predicted molar refractivity (Wildman–Crippen MR) is 95.2 cm³/mol. The topological polar surface area (TPSA) is 0 Å². The molecule has 0 aliphatic carbocycles. The fourth-order valence-electron chi connectivity index (χ4n) is 1.56. The van der Waals surface area contributed by atoms with Crippen molar-refractivity contribution in [1.29, 1.82) is 0 Å². The standard InChI is InChI=1S/C9H13.C6H11.C5H9.Ir/c1-6-5-7(2)9(4)8(6)3;1-3-5-6-4-2;1-3-5-4-2;/h5H,1-4H3;3,5H,1,4,6H2,2H3;3H,1-2,4-5H2;/q-1;;-1;/b;5-3+;;. The molecular formula is C20H33Ir-2. The second-order valence-corrected chi connectivity index (χ2v) is 4.95. The van der Waals surface area contributed by atoms with Gasteiger partial charge >= 0.3 is 0 Å². The van der Waals surface area contributed by atoms with E-state index in [9.17, 15) is 0 Å². The molecule has 0 heterocycles. The first-order valence-electron chi connectivity index (χ1n) is 7.50. The Morgan fingerprint density at radius 2 is 1.81 bits per heavy atom. The van der Waals surface area contributed by atoms with Crippen LogP contribution in [-0.2, 0) is 20.1 Å². The fourth-order valence-corrected chi connectivity index (χ4v) is 1.56. The predicted octanol–water partition coefficient (Wildman–Crippen LogP) is 6.60. The normalized spacial score (nSPS) is 9.10. The molecule has 1 heteroatoms. The van der Waals surface area contributed by atoms with Crippen LogP contribution in [0, 0.1) is 41.5 Å². The molecule has 0 nitrogen and oxygen atoms in total. The number of hydrogen-bond acceptors (Lipinski definition) is 0. The summed E-state index contributed by atoms with van der Waals surface area (Å²) in [6.07, 6.45) is 10.2. The van der Waals surface area contributed by atoms with E-state index < -0.39 is 0 Å². The summed E-state index contributed by atoms with van der Waals surface area (Å²) < 4.78 is 0. The van der Waals surface area contributed by atoms with Crippen molar-refractivity contribution < 1.29 is 20.1 Å². The maximum atomic E-state index is 3.60. The summed E-state index contributed by atoms with van der Waals surface area (Å²) in [5.41, 5.74) is 5.75. The van der Waals surface area contributed by atoms with Crippen molar-refractivity contribution in [2.24, 2.45) is 0 Å². The maximum Gasteiger partial charge on any atom is 0 e. The Kier molecular flexibility index (Phi) is 21.2. The smallest absolute Gasteiger partial charge is 0 e. The van der Waals surface area contributed by atoms with Crippen LogP contribution >= 0.6 is 0 Å². The molecule has 1 aromatic rings. The third kappa shape index (κ3) is 14.2. The minimum atomic E-state index is 0. The first kappa shape index (κ1) is 25.4. The first-order chi connectivity index (χ1) is 9.45. The minimum absolute atomic E-state index is 0. The number of hydrogen-bond donors (Lipinski definition) is 0. The van der Waals surface area contributed by atoms with Gasteiger partial charge in [-0.2, -0.15) is 34.7 Å². The Bertz CT molecular complexity index is 347. The number of rotatable bonds is 4. The molecule has 2 radical (unpaired) electrons. The Morgan fingerprint density at radius 1 is 1.24 bits per heavy atom. The summed E-state index contributed by atoms with van der Waals surface area (Å²) in [6, 6.07) is 2.24. The minimum Gasteiger partial charge on any atom is -0.343 e. The average Bonchev–Trinajstić information content (AvgIpc) is 2.65. The molecule has 0 aliphatic heterocycles. The van der Waals surface area contributed by atoms with Gasteiger partial charge in [0, 0.05) is 20.1 Å². The Balaban J connectivity index is -0.000000240. The van der Waals surface area contributed by atoms with E-state index in [1.54, 1.807) is 0 Å². The van der Waals surface area contributed by atoms with Crippen LogP contribution in [0.2, 0.25) is 0 Å². The van der Waals surface area contributed by atoms with Crippen LogP contribution in [0.3, 0.4) is 0 Å². The van der Waals surface area contributed by atoms with Crippen LogP contribution in [0.15, 0.2) is 30.9 Å². The number of allylic oxidation sites excluding steroid dienone is 3. The molecule has 0 saturated carbocycles. The summed E-state index contributed by atoms with van der Waals surface area (Å²) in [7, 11) is 0. The van der Waals surface area contributed by atoms with Gasteiger partial charge in [-0.3, -0.25) is 0 Å². The summed E-state index contributed by atoms with van der Waals surface area (Å²) in [4.78, 5) is 0.